The minimum absolute atomic E-state index is 0.0345. The maximum absolute atomic E-state index is 12.1. The van der Waals surface area contributed by atoms with Gasteiger partial charge in [0.25, 0.3) is 5.91 Å². The predicted molar refractivity (Wildman–Crippen MR) is 79.2 cm³/mol. The van der Waals surface area contributed by atoms with E-state index in [0.29, 0.717) is 11.7 Å². The summed E-state index contributed by atoms with van der Waals surface area (Å²) >= 11 is 0. The van der Waals surface area contributed by atoms with Crippen LogP contribution in [-0.2, 0) is 0 Å². The number of rotatable bonds is 3. The Morgan fingerprint density at radius 3 is 2.67 bits per heavy atom. The van der Waals surface area contributed by atoms with Crippen molar-refractivity contribution in [2.75, 3.05) is 0 Å². The second-order valence-corrected chi connectivity index (χ2v) is 6.00. The maximum atomic E-state index is 12.1. The first-order valence-corrected chi connectivity index (χ1v) is 7.91. The highest BCUT2D eigenvalue weighted by atomic mass is 16.2. The number of carbonyl (C=O) groups is 1. The summed E-state index contributed by atoms with van der Waals surface area (Å²) in [6.07, 6.45) is 13.5. The van der Waals surface area contributed by atoms with E-state index in [0.717, 1.165) is 12.3 Å². The Balaban J connectivity index is 1.51. The summed E-state index contributed by atoms with van der Waals surface area (Å²) in [5, 5.41) is 2.96. The summed E-state index contributed by atoms with van der Waals surface area (Å²) < 4.78 is 0. The van der Waals surface area contributed by atoms with Crippen LogP contribution in [0.5, 0.6) is 0 Å². The van der Waals surface area contributed by atoms with Gasteiger partial charge in [-0.2, -0.15) is 0 Å². The van der Waals surface area contributed by atoms with Gasteiger partial charge in [-0.05, 0) is 25.2 Å². The standard InChI is InChI=1S/C15H23N5O/c21-15(13-10-16-7-8-17-13)18-14-9-12(19-20-14)11-5-3-1-2-4-6-11/h7-8,10-12,14,19-20H,1-6,9H2,(H,18,21). The molecule has 0 aromatic carbocycles. The molecule has 114 valence electrons. The van der Waals surface area contributed by atoms with E-state index in [1.165, 1.54) is 50.9 Å². The normalized spacial score (nSPS) is 27.2. The SMILES string of the molecule is O=C(NC1CC(C2CCCCCC2)NN1)c1cnccn1. The fourth-order valence-corrected chi connectivity index (χ4v) is 3.35. The fourth-order valence-electron chi connectivity index (χ4n) is 3.35. The van der Waals surface area contributed by atoms with E-state index < -0.39 is 0 Å². The van der Waals surface area contributed by atoms with Crippen LogP contribution in [0.25, 0.3) is 0 Å². The van der Waals surface area contributed by atoms with E-state index in [2.05, 4.69) is 26.1 Å². The van der Waals surface area contributed by atoms with Crippen LogP contribution >= 0.6 is 0 Å². The molecule has 1 aliphatic carbocycles. The minimum Gasteiger partial charge on any atom is -0.334 e. The zero-order valence-corrected chi connectivity index (χ0v) is 12.2. The summed E-state index contributed by atoms with van der Waals surface area (Å²) in [7, 11) is 0. The van der Waals surface area contributed by atoms with Crippen LogP contribution in [0.15, 0.2) is 18.6 Å². The second kappa shape index (κ2) is 6.95. The lowest BCUT2D eigenvalue weighted by atomic mass is 9.90. The Hall–Kier alpha value is -1.53. The van der Waals surface area contributed by atoms with E-state index in [4.69, 9.17) is 0 Å². The van der Waals surface area contributed by atoms with Crippen molar-refractivity contribution in [2.24, 2.45) is 5.92 Å². The van der Waals surface area contributed by atoms with E-state index in [-0.39, 0.29) is 12.1 Å². The molecule has 0 radical (unpaired) electrons. The van der Waals surface area contributed by atoms with Crippen LogP contribution in [-0.4, -0.2) is 28.1 Å². The molecule has 1 aromatic rings. The van der Waals surface area contributed by atoms with Crippen LogP contribution in [0.4, 0.5) is 0 Å². The number of amides is 1. The molecule has 6 heteroatoms. The molecule has 1 aromatic heterocycles. The average molecular weight is 289 g/mol. The van der Waals surface area contributed by atoms with Gasteiger partial charge in [-0.15, -0.1) is 0 Å². The van der Waals surface area contributed by atoms with Gasteiger partial charge in [0.15, 0.2) is 0 Å². The quantitative estimate of drug-likeness (QED) is 0.732. The maximum Gasteiger partial charge on any atom is 0.272 e. The third-order valence-corrected chi connectivity index (χ3v) is 4.50. The topological polar surface area (TPSA) is 78.9 Å². The van der Waals surface area contributed by atoms with Gasteiger partial charge in [0.1, 0.15) is 5.69 Å². The lowest BCUT2D eigenvalue weighted by Gasteiger charge is -2.21. The van der Waals surface area contributed by atoms with Crippen molar-refractivity contribution in [3.05, 3.63) is 24.3 Å². The zero-order valence-electron chi connectivity index (χ0n) is 12.2. The number of hydrazine groups is 1. The molecule has 6 nitrogen and oxygen atoms in total. The van der Waals surface area contributed by atoms with Gasteiger partial charge in [-0.1, -0.05) is 25.7 Å². The summed E-state index contributed by atoms with van der Waals surface area (Å²) in [6, 6.07) is 0.454. The van der Waals surface area contributed by atoms with Crippen molar-refractivity contribution in [1.29, 1.82) is 0 Å². The highest BCUT2D eigenvalue weighted by Gasteiger charge is 2.31. The van der Waals surface area contributed by atoms with Crippen LogP contribution in [0.3, 0.4) is 0 Å². The highest BCUT2D eigenvalue weighted by molar-refractivity contribution is 5.92. The molecule has 3 N–H and O–H groups in total. The van der Waals surface area contributed by atoms with E-state index in [1.807, 2.05) is 0 Å². The van der Waals surface area contributed by atoms with Gasteiger partial charge in [-0.25, -0.2) is 10.4 Å². The van der Waals surface area contributed by atoms with E-state index in [9.17, 15) is 4.79 Å². The van der Waals surface area contributed by atoms with Gasteiger partial charge >= 0.3 is 0 Å². The monoisotopic (exact) mass is 289 g/mol. The first-order chi connectivity index (χ1) is 10.3. The minimum atomic E-state index is -0.177. The Morgan fingerprint density at radius 1 is 1.14 bits per heavy atom. The molecule has 2 heterocycles. The van der Waals surface area contributed by atoms with Gasteiger partial charge in [0, 0.05) is 18.4 Å². The number of hydrogen-bond donors (Lipinski definition) is 3. The fraction of sp³-hybridized carbons (Fsp3) is 0.667. The Bertz CT molecular complexity index is 458. The summed E-state index contributed by atoms with van der Waals surface area (Å²) in [6.45, 7) is 0. The lowest BCUT2D eigenvalue weighted by molar-refractivity contribution is 0.0926. The van der Waals surface area contributed by atoms with Gasteiger partial charge in [-0.3, -0.25) is 15.2 Å². The molecule has 2 unspecified atom stereocenters. The van der Waals surface area contributed by atoms with Gasteiger partial charge in [0.2, 0.25) is 0 Å². The van der Waals surface area contributed by atoms with Crippen LogP contribution in [0.2, 0.25) is 0 Å². The summed E-state index contributed by atoms with van der Waals surface area (Å²) in [5.41, 5.74) is 6.91. The van der Waals surface area contributed by atoms with Crippen LogP contribution < -0.4 is 16.2 Å². The molecule has 1 saturated carbocycles. The lowest BCUT2D eigenvalue weighted by Crippen LogP contribution is -2.44. The third kappa shape index (κ3) is 3.77. The molecule has 2 aliphatic rings. The van der Waals surface area contributed by atoms with Crippen molar-refractivity contribution in [3.63, 3.8) is 0 Å². The molecule has 3 rings (SSSR count). The third-order valence-electron chi connectivity index (χ3n) is 4.50. The molecule has 0 spiro atoms. The number of hydrogen-bond acceptors (Lipinski definition) is 5. The first kappa shape index (κ1) is 14.4. The predicted octanol–water partition coefficient (Wildman–Crippen LogP) is 1.37. The molecule has 1 saturated heterocycles. The Kier molecular flexibility index (Phi) is 4.77. The molecule has 2 atom stereocenters. The van der Waals surface area contributed by atoms with Crippen molar-refractivity contribution in [1.82, 2.24) is 26.1 Å². The number of aromatic nitrogens is 2. The number of nitrogens with one attached hydrogen (secondary N) is 3. The smallest absolute Gasteiger partial charge is 0.272 e. The Morgan fingerprint density at radius 2 is 1.95 bits per heavy atom. The molecule has 1 aliphatic heterocycles. The van der Waals surface area contributed by atoms with Crippen molar-refractivity contribution in [3.8, 4) is 0 Å². The van der Waals surface area contributed by atoms with Crippen LogP contribution in [0.1, 0.15) is 55.4 Å². The summed E-state index contributed by atoms with van der Waals surface area (Å²) in [4.78, 5) is 20.0. The Labute approximate surface area is 125 Å². The van der Waals surface area contributed by atoms with E-state index >= 15 is 0 Å². The number of carbonyl (C=O) groups excluding carboxylic acids is 1. The second-order valence-electron chi connectivity index (χ2n) is 6.00. The molecule has 21 heavy (non-hydrogen) atoms. The molecular formula is C15H23N5O. The molecular weight excluding hydrogens is 266 g/mol. The van der Waals surface area contributed by atoms with Crippen molar-refractivity contribution >= 4 is 5.91 Å². The van der Waals surface area contributed by atoms with Crippen molar-refractivity contribution in [2.45, 2.75) is 57.2 Å². The van der Waals surface area contributed by atoms with Gasteiger partial charge in [0.05, 0.1) is 12.4 Å². The first-order valence-electron chi connectivity index (χ1n) is 7.91. The summed E-state index contributed by atoms with van der Waals surface area (Å²) in [5.74, 6) is 0.544. The zero-order chi connectivity index (χ0) is 14.5. The highest BCUT2D eigenvalue weighted by Crippen LogP contribution is 2.28. The average Bonchev–Trinajstić information content (AvgIpc) is 2.81. The van der Waals surface area contributed by atoms with Crippen molar-refractivity contribution < 1.29 is 4.79 Å². The molecule has 0 bridgehead atoms. The molecule has 1 amide bonds. The molecule has 2 fully saturated rings. The largest absolute Gasteiger partial charge is 0.334 e. The van der Waals surface area contributed by atoms with E-state index in [1.54, 1.807) is 6.20 Å². The van der Waals surface area contributed by atoms with Gasteiger partial charge < -0.3 is 5.32 Å². The number of nitrogens with zero attached hydrogens (tertiary/aromatic N) is 2. The van der Waals surface area contributed by atoms with Crippen LogP contribution in [0, 0.1) is 5.92 Å².